The molecule has 1 aromatic rings. The van der Waals surface area contributed by atoms with Crippen molar-refractivity contribution in [1.82, 2.24) is 14.0 Å². The van der Waals surface area contributed by atoms with Gasteiger partial charge < -0.3 is 10.0 Å². The first-order valence-corrected chi connectivity index (χ1v) is 6.94. The smallest absolute Gasteiger partial charge is 0.331 e. The molecule has 7 heteroatoms. The van der Waals surface area contributed by atoms with Gasteiger partial charge in [-0.2, -0.15) is 0 Å². The van der Waals surface area contributed by atoms with Crippen molar-refractivity contribution in [2.75, 3.05) is 13.1 Å². The molecular weight excluding hydrogens is 274 g/mol. The van der Waals surface area contributed by atoms with Gasteiger partial charge in [-0.05, 0) is 13.3 Å². The molecule has 0 saturated carbocycles. The summed E-state index contributed by atoms with van der Waals surface area (Å²) < 4.78 is 2.14. The van der Waals surface area contributed by atoms with E-state index in [1.807, 2.05) is 6.92 Å². The van der Waals surface area contributed by atoms with Crippen molar-refractivity contribution < 1.29 is 9.90 Å². The molecule has 1 amide bonds. The first-order chi connectivity index (χ1) is 9.65. The summed E-state index contributed by atoms with van der Waals surface area (Å²) in [5.41, 5.74) is -1.74. The molecule has 21 heavy (non-hydrogen) atoms. The van der Waals surface area contributed by atoms with E-state index in [9.17, 15) is 19.5 Å². The van der Waals surface area contributed by atoms with Crippen molar-refractivity contribution in [3.05, 3.63) is 32.6 Å². The first-order valence-electron chi connectivity index (χ1n) is 6.94. The maximum absolute atomic E-state index is 12.5. The van der Waals surface area contributed by atoms with Crippen LogP contribution in [0.5, 0.6) is 0 Å². The number of hydrogen-bond donors (Lipinski definition) is 1. The molecule has 116 valence electrons. The molecule has 0 aliphatic carbocycles. The van der Waals surface area contributed by atoms with E-state index in [4.69, 9.17) is 0 Å². The van der Waals surface area contributed by atoms with E-state index < -0.39 is 16.9 Å². The Balaban J connectivity index is 2.35. The summed E-state index contributed by atoms with van der Waals surface area (Å²) in [6, 6.07) is 1.18. The second-order valence-electron chi connectivity index (χ2n) is 6.03. The highest BCUT2D eigenvalue weighted by Gasteiger charge is 2.36. The zero-order valence-corrected chi connectivity index (χ0v) is 12.8. The van der Waals surface area contributed by atoms with E-state index in [2.05, 4.69) is 0 Å². The fourth-order valence-corrected chi connectivity index (χ4v) is 2.51. The van der Waals surface area contributed by atoms with Gasteiger partial charge in [0.1, 0.15) is 5.69 Å². The zero-order chi connectivity index (χ0) is 15.9. The van der Waals surface area contributed by atoms with Crippen LogP contribution in [0, 0.1) is 5.92 Å². The zero-order valence-electron chi connectivity index (χ0n) is 12.8. The number of aromatic nitrogens is 2. The number of aliphatic hydroxyl groups is 1. The Morgan fingerprint density at radius 1 is 1.33 bits per heavy atom. The molecule has 2 atom stereocenters. The van der Waals surface area contributed by atoms with Gasteiger partial charge in [0, 0.05) is 39.2 Å². The van der Waals surface area contributed by atoms with Crippen LogP contribution in [0.15, 0.2) is 15.7 Å². The van der Waals surface area contributed by atoms with Crippen LogP contribution >= 0.6 is 0 Å². The number of carbonyl (C=O) groups is 1. The fourth-order valence-electron chi connectivity index (χ4n) is 2.51. The van der Waals surface area contributed by atoms with E-state index in [-0.39, 0.29) is 17.5 Å². The van der Waals surface area contributed by atoms with E-state index in [0.717, 1.165) is 4.57 Å². The van der Waals surface area contributed by atoms with E-state index >= 15 is 0 Å². The van der Waals surface area contributed by atoms with Gasteiger partial charge in [0.25, 0.3) is 11.5 Å². The van der Waals surface area contributed by atoms with Gasteiger partial charge in [-0.3, -0.25) is 18.7 Å². The molecule has 1 aliphatic heterocycles. The number of nitrogens with zero attached hydrogens (tertiary/aromatic N) is 3. The lowest BCUT2D eigenvalue weighted by Crippen LogP contribution is -2.52. The third-order valence-corrected chi connectivity index (χ3v) is 4.48. The molecule has 0 spiro atoms. The normalized spacial score (nSPS) is 26.0. The maximum atomic E-state index is 12.5. The Kier molecular flexibility index (Phi) is 3.79. The van der Waals surface area contributed by atoms with Crippen molar-refractivity contribution in [3.8, 4) is 0 Å². The summed E-state index contributed by atoms with van der Waals surface area (Å²) in [6.45, 7) is 4.44. The monoisotopic (exact) mass is 295 g/mol. The molecule has 1 N–H and O–H groups in total. The van der Waals surface area contributed by atoms with Crippen molar-refractivity contribution in [1.29, 1.82) is 0 Å². The Morgan fingerprint density at radius 3 is 2.52 bits per heavy atom. The minimum atomic E-state index is -0.796. The van der Waals surface area contributed by atoms with Gasteiger partial charge in [0.15, 0.2) is 0 Å². The number of hydrogen-bond acceptors (Lipinski definition) is 4. The average molecular weight is 295 g/mol. The lowest BCUT2D eigenvalue weighted by atomic mass is 9.84. The Morgan fingerprint density at radius 2 is 1.95 bits per heavy atom. The second-order valence-corrected chi connectivity index (χ2v) is 6.03. The third kappa shape index (κ3) is 2.65. The average Bonchev–Trinajstić information content (AvgIpc) is 2.43. The Labute approximate surface area is 122 Å². The quantitative estimate of drug-likeness (QED) is 0.744. The largest absolute Gasteiger partial charge is 0.390 e. The molecule has 0 unspecified atom stereocenters. The number of amides is 1. The summed E-state index contributed by atoms with van der Waals surface area (Å²) in [5, 5.41) is 10.1. The molecule has 0 aromatic carbocycles. The van der Waals surface area contributed by atoms with Crippen LogP contribution in [-0.2, 0) is 14.1 Å². The summed E-state index contributed by atoms with van der Waals surface area (Å²) in [5.74, 6) is -0.423. The summed E-state index contributed by atoms with van der Waals surface area (Å²) in [6.07, 6.45) is 0.471. The third-order valence-electron chi connectivity index (χ3n) is 4.48. The predicted octanol–water partition coefficient (Wildman–Crippen LogP) is -0.683. The molecule has 2 heterocycles. The second kappa shape index (κ2) is 5.14. The van der Waals surface area contributed by atoms with Gasteiger partial charge in [0.2, 0.25) is 0 Å². The van der Waals surface area contributed by atoms with Gasteiger partial charge in [-0.15, -0.1) is 0 Å². The minimum absolute atomic E-state index is 0.0706. The highest BCUT2D eigenvalue weighted by atomic mass is 16.3. The lowest BCUT2D eigenvalue weighted by Gasteiger charge is -2.41. The minimum Gasteiger partial charge on any atom is -0.390 e. The number of rotatable bonds is 1. The highest BCUT2D eigenvalue weighted by Crippen LogP contribution is 2.27. The topological polar surface area (TPSA) is 84.5 Å². The molecule has 2 rings (SSSR count). The molecule has 1 fully saturated rings. The Bertz CT molecular complexity index is 686. The van der Waals surface area contributed by atoms with Gasteiger partial charge in [0.05, 0.1) is 5.60 Å². The first kappa shape index (κ1) is 15.5. The number of likely N-dealkylation sites (tertiary alicyclic amines) is 1. The predicted molar refractivity (Wildman–Crippen MR) is 77.2 cm³/mol. The van der Waals surface area contributed by atoms with E-state index in [1.165, 1.54) is 24.7 Å². The van der Waals surface area contributed by atoms with Crippen molar-refractivity contribution in [2.24, 2.45) is 20.0 Å². The summed E-state index contributed by atoms with van der Waals surface area (Å²) in [7, 11) is 2.84. The molecule has 1 aliphatic rings. The number of piperidine rings is 1. The Hall–Kier alpha value is -1.89. The maximum Gasteiger partial charge on any atom is 0.331 e. The molecular formula is C14H21N3O4. The summed E-state index contributed by atoms with van der Waals surface area (Å²) in [4.78, 5) is 37.7. The lowest BCUT2D eigenvalue weighted by molar-refractivity contribution is -0.0441. The van der Waals surface area contributed by atoms with Gasteiger partial charge in [-0.1, -0.05) is 6.92 Å². The highest BCUT2D eigenvalue weighted by molar-refractivity contribution is 5.92. The molecule has 7 nitrogen and oxygen atoms in total. The van der Waals surface area contributed by atoms with Crippen molar-refractivity contribution >= 4 is 5.91 Å². The van der Waals surface area contributed by atoms with Crippen LogP contribution in [0.1, 0.15) is 30.8 Å². The molecule has 0 bridgehead atoms. The SMILES string of the molecule is C[C@@H]1CN(C(=O)c2cc(=O)n(C)c(=O)n2C)CC[C@]1(C)O. The van der Waals surface area contributed by atoms with Crippen LogP contribution in [0.4, 0.5) is 0 Å². The van der Waals surface area contributed by atoms with Crippen LogP contribution < -0.4 is 11.2 Å². The van der Waals surface area contributed by atoms with Crippen LogP contribution in [0.25, 0.3) is 0 Å². The van der Waals surface area contributed by atoms with Crippen LogP contribution in [0.3, 0.4) is 0 Å². The molecule has 1 saturated heterocycles. The van der Waals surface area contributed by atoms with Gasteiger partial charge >= 0.3 is 5.69 Å². The summed E-state index contributed by atoms with van der Waals surface area (Å²) >= 11 is 0. The van der Waals surface area contributed by atoms with Gasteiger partial charge in [-0.25, -0.2) is 4.79 Å². The van der Waals surface area contributed by atoms with Crippen LogP contribution in [0.2, 0.25) is 0 Å². The van der Waals surface area contributed by atoms with E-state index in [0.29, 0.717) is 19.5 Å². The van der Waals surface area contributed by atoms with E-state index in [1.54, 1.807) is 11.8 Å². The molecule has 0 radical (unpaired) electrons. The number of carbonyl (C=O) groups excluding carboxylic acids is 1. The van der Waals surface area contributed by atoms with Crippen molar-refractivity contribution in [2.45, 2.75) is 25.9 Å². The van der Waals surface area contributed by atoms with Crippen LogP contribution in [-0.4, -0.2) is 43.7 Å². The molecule has 1 aromatic heterocycles. The fraction of sp³-hybridized carbons (Fsp3) is 0.643. The van der Waals surface area contributed by atoms with Crippen molar-refractivity contribution in [3.63, 3.8) is 0 Å². The standard InChI is InChI=1S/C14H21N3O4/c1-9-8-17(6-5-14(9,2)21)12(19)10-7-11(18)16(4)13(20)15(10)3/h7,9,21H,5-6,8H2,1-4H3/t9-,14+/m1/s1.